The van der Waals surface area contributed by atoms with Gasteiger partial charge in [-0.25, -0.2) is 4.79 Å². The lowest BCUT2D eigenvalue weighted by atomic mass is 10.2. The summed E-state index contributed by atoms with van der Waals surface area (Å²) in [6.45, 7) is 14.3. The number of carbonyl (C=O) groups is 1. The molecule has 0 aliphatic carbocycles. The second-order valence-electron chi connectivity index (χ2n) is 5.83. The van der Waals surface area contributed by atoms with Crippen molar-refractivity contribution in [3.05, 3.63) is 71.6 Å². The molecule has 4 nitrogen and oxygen atoms in total. The quantitative estimate of drug-likeness (QED) is 0.503. The van der Waals surface area contributed by atoms with Crippen molar-refractivity contribution in [2.75, 3.05) is 7.11 Å². The molecular formula is C24H42N2O2. The van der Waals surface area contributed by atoms with Crippen molar-refractivity contribution in [2.45, 2.75) is 67.7 Å². The number of aryl methyl sites for hydroxylation is 1. The fourth-order valence-electron chi connectivity index (χ4n) is 1.55. The number of hydrogen-bond acceptors (Lipinski definition) is 2. The molecule has 0 fully saturated rings. The highest BCUT2D eigenvalue weighted by Gasteiger charge is 1.99. The summed E-state index contributed by atoms with van der Waals surface area (Å²) in [5.41, 5.74) is 3.38. The maximum absolute atomic E-state index is 11.4. The first-order valence-corrected chi connectivity index (χ1v) is 9.97. The third-order valence-corrected chi connectivity index (χ3v) is 3.02. The van der Waals surface area contributed by atoms with Crippen LogP contribution in [-0.2, 0) is 0 Å². The van der Waals surface area contributed by atoms with Gasteiger partial charge in [-0.15, -0.1) is 0 Å². The molecule has 4 heteroatoms. The topological polar surface area (TPSA) is 61.4 Å². The van der Waals surface area contributed by atoms with E-state index in [0.29, 0.717) is 0 Å². The minimum Gasteiger partial charge on any atom is -0.400 e. The van der Waals surface area contributed by atoms with Gasteiger partial charge in [-0.2, -0.15) is 0 Å². The van der Waals surface area contributed by atoms with Gasteiger partial charge in [0, 0.05) is 19.0 Å². The first-order valence-electron chi connectivity index (χ1n) is 9.97. The molecule has 0 saturated carbocycles. The molecule has 1 rings (SSSR count). The summed E-state index contributed by atoms with van der Waals surface area (Å²) in [6, 6.07) is 10.1. The number of carbonyl (C=O) groups excluding carboxylic acids is 1. The van der Waals surface area contributed by atoms with Crippen molar-refractivity contribution in [2.24, 2.45) is 0 Å². The Bertz CT molecular complexity index is 547. The predicted molar refractivity (Wildman–Crippen MR) is 124 cm³/mol. The zero-order valence-corrected chi connectivity index (χ0v) is 19.2. The Morgan fingerprint density at radius 2 is 1.61 bits per heavy atom. The molecule has 0 saturated heterocycles. The van der Waals surface area contributed by atoms with Crippen LogP contribution in [0.3, 0.4) is 0 Å². The van der Waals surface area contributed by atoms with Gasteiger partial charge in [0.05, 0.1) is 0 Å². The number of benzene rings is 1. The van der Waals surface area contributed by atoms with Crippen LogP contribution in [0, 0.1) is 6.92 Å². The summed E-state index contributed by atoms with van der Waals surface area (Å²) in [6.07, 6.45) is 10.5. The molecule has 0 spiro atoms. The second kappa shape index (κ2) is 24.7. The molecule has 0 radical (unpaired) electrons. The first kappa shape index (κ1) is 30.4. The Hall–Kier alpha value is -2.33. The highest BCUT2D eigenvalue weighted by molar-refractivity contribution is 5.76. The van der Waals surface area contributed by atoms with Crippen LogP contribution in [0.2, 0.25) is 0 Å². The highest BCUT2D eigenvalue weighted by Crippen LogP contribution is 2.02. The van der Waals surface area contributed by atoms with Gasteiger partial charge >= 0.3 is 6.03 Å². The molecule has 0 heterocycles. The molecule has 1 aromatic rings. The lowest BCUT2D eigenvalue weighted by Gasteiger charge is -2.07. The molecule has 28 heavy (non-hydrogen) atoms. The molecule has 0 unspecified atom stereocenters. The van der Waals surface area contributed by atoms with Gasteiger partial charge in [0.15, 0.2) is 0 Å². The molecular weight excluding hydrogens is 348 g/mol. The second-order valence-corrected chi connectivity index (χ2v) is 5.83. The molecule has 0 bridgehead atoms. The number of aliphatic hydroxyl groups is 1. The van der Waals surface area contributed by atoms with Crippen LogP contribution >= 0.6 is 0 Å². The zero-order chi connectivity index (χ0) is 22.2. The van der Waals surface area contributed by atoms with Gasteiger partial charge in [-0.05, 0) is 39.7 Å². The number of nitrogens with one attached hydrogen (secondary N) is 2. The zero-order valence-electron chi connectivity index (χ0n) is 19.2. The highest BCUT2D eigenvalue weighted by atomic mass is 16.2. The lowest BCUT2D eigenvalue weighted by Crippen LogP contribution is -2.31. The Kier molecular flexibility index (Phi) is 26.8. The molecule has 0 aromatic heterocycles. The van der Waals surface area contributed by atoms with Gasteiger partial charge in [0.25, 0.3) is 0 Å². The smallest absolute Gasteiger partial charge is 0.322 e. The van der Waals surface area contributed by atoms with E-state index in [1.807, 2.05) is 64.1 Å². The summed E-state index contributed by atoms with van der Waals surface area (Å²) in [5, 5.41) is 12.5. The fraction of sp³-hybridized carbons (Fsp3) is 0.458. The summed E-state index contributed by atoms with van der Waals surface area (Å²) in [5.74, 6) is 0. The third-order valence-electron chi connectivity index (χ3n) is 3.02. The van der Waals surface area contributed by atoms with Crippen molar-refractivity contribution in [1.29, 1.82) is 0 Å². The molecule has 3 N–H and O–H groups in total. The van der Waals surface area contributed by atoms with E-state index in [4.69, 9.17) is 5.11 Å². The van der Waals surface area contributed by atoms with Crippen LogP contribution in [0.15, 0.2) is 66.0 Å². The van der Waals surface area contributed by atoms with E-state index in [0.717, 1.165) is 31.2 Å². The van der Waals surface area contributed by atoms with Crippen LogP contribution in [0.5, 0.6) is 0 Å². The van der Waals surface area contributed by atoms with Gasteiger partial charge in [0.1, 0.15) is 0 Å². The van der Waals surface area contributed by atoms with Crippen LogP contribution < -0.4 is 10.6 Å². The van der Waals surface area contributed by atoms with Gasteiger partial charge in [-0.1, -0.05) is 87.7 Å². The Balaban J connectivity index is -0.000000425. The van der Waals surface area contributed by atoms with Crippen molar-refractivity contribution < 1.29 is 9.90 Å². The van der Waals surface area contributed by atoms with E-state index in [9.17, 15) is 4.79 Å². The molecule has 1 aromatic carbocycles. The molecule has 160 valence electrons. The number of hydrogen-bond donors (Lipinski definition) is 3. The van der Waals surface area contributed by atoms with Crippen molar-refractivity contribution >= 4 is 6.03 Å². The first-order chi connectivity index (χ1) is 13.4. The number of amides is 2. The van der Waals surface area contributed by atoms with E-state index >= 15 is 0 Å². The molecule has 2 amide bonds. The number of aliphatic hydroxyl groups excluding tert-OH is 1. The van der Waals surface area contributed by atoms with Crippen molar-refractivity contribution in [3.8, 4) is 0 Å². The molecule has 0 aliphatic heterocycles. The van der Waals surface area contributed by atoms with Gasteiger partial charge < -0.3 is 15.7 Å². The Labute approximate surface area is 173 Å². The lowest BCUT2D eigenvalue weighted by molar-refractivity contribution is 0.246. The maximum Gasteiger partial charge on any atom is 0.322 e. The monoisotopic (exact) mass is 390 g/mol. The van der Waals surface area contributed by atoms with Crippen LogP contribution in [0.4, 0.5) is 4.79 Å². The van der Waals surface area contributed by atoms with E-state index < -0.39 is 0 Å². The fourth-order valence-corrected chi connectivity index (χ4v) is 1.55. The molecule has 0 aliphatic rings. The van der Waals surface area contributed by atoms with Crippen molar-refractivity contribution in [3.63, 3.8) is 0 Å². The normalized spacial score (nSPS) is 10.5. The van der Waals surface area contributed by atoms with Crippen molar-refractivity contribution in [1.82, 2.24) is 10.6 Å². The van der Waals surface area contributed by atoms with Crippen LogP contribution in [0.25, 0.3) is 0 Å². The Morgan fingerprint density at radius 3 is 1.96 bits per heavy atom. The SMILES string of the molecule is C/C=C(C)\C=C(/CC)NC(=O)N/C=C\CC.CCC.CO.Cc1ccccc1. The summed E-state index contributed by atoms with van der Waals surface area (Å²) < 4.78 is 0. The number of allylic oxidation sites excluding steroid dienone is 5. The van der Waals surface area contributed by atoms with Crippen LogP contribution in [-0.4, -0.2) is 18.2 Å². The van der Waals surface area contributed by atoms with Gasteiger partial charge in [-0.3, -0.25) is 0 Å². The Morgan fingerprint density at radius 1 is 1.07 bits per heavy atom. The minimum atomic E-state index is -0.193. The standard InChI is InChI=1S/C13H22N2O.C7H8.C3H8.CH4O/c1-5-8-9-14-13(16)15-12(7-3)10-11(4)6-2;1-7-5-3-2-4-6-7;1-3-2;1-2/h6,8-10H,5,7H2,1-4H3,(H2,14,15,16);2-6H,1H3;3H2,1-2H3;2H,1H3/b9-8-,11-6-,12-10+;;;. The number of rotatable bonds is 5. The van der Waals surface area contributed by atoms with E-state index in [-0.39, 0.29) is 6.03 Å². The van der Waals surface area contributed by atoms with Gasteiger partial charge in [0.2, 0.25) is 0 Å². The van der Waals surface area contributed by atoms with E-state index in [1.54, 1.807) is 6.20 Å². The third kappa shape index (κ3) is 23.7. The van der Waals surface area contributed by atoms with E-state index in [2.05, 4.69) is 43.5 Å². The minimum absolute atomic E-state index is 0.193. The van der Waals surface area contributed by atoms with Crippen LogP contribution in [0.1, 0.15) is 66.4 Å². The predicted octanol–water partition coefficient (Wildman–Crippen LogP) is 6.49. The number of urea groups is 1. The largest absolute Gasteiger partial charge is 0.400 e. The summed E-state index contributed by atoms with van der Waals surface area (Å²) in [4.78, 5) is 11.4. The summed E-state index contributed by atoms with van der Waals surface area (Å²) in [7, 11) is 1.00. The molecule has 0 atom stereocenters. The van der Waals surface area contributed by atoms with E-state index in [1.165, 1.54) is 12.0 Å². The average molecular weight is 391 g/mol. The average Bonchev–Trinajstić information content (AvgIpc) is 2.70. The maximum atomic E-state index is 11.4. The summed E-state index contributed by atoms with van der Waals surface area (Å²) >= 11 is 0.